The van der Waals surface area contributed by atoms with Crippen LogP contribution in [0.15, 0.2) is 48.8 Å². The van der Waals surface area contributed by atoms with Gasteiger partial charge >= 0.3 is 0 Å². The first-order valence-corrected chi connectivity index (χ1v) is 6.90. The second-order valence-corrected chi connectivity index (χ2v) is 5.00. The van der Waals surface area contributed by atoms with E-state index >= 15 is 0 Å². The summed E-state index contributed by atoms with van der Waals surface area (Å²) in [4.78, 5) is 8.93. The Hall–Kier alpha value is -2.24. The SMILES string of the molecule is OCC(O)Cn1ccnc1Cc1ccc2ccccc2n1. The molecule has 0 amide bonds. The van der Waals surface area contributed by atoms with Gasteiger partial charge in [0.2, 0.25) is 0 Å². The Balaban J connectivity index is 1.83. The average molecular weight is 283 g/mol. The topological polar surface area (TPSA) is 71.2 Å². The maximum absolute atomic E-state index is 9.55. The normalized spacial score (nSPS) is 12.7. The first-order chi connectivity index (χ1) is 10.3. The fraction of sp³-hybridized carbons (Fsp3) is 0.250. The van der Waals surface area contributed by atoms with Crippen molar-refractivity contribution in [2.45, 2.75) is 19.1 Å². The first-order valence-electron chi connectivity index (χ1n) is 6.90. The van der Waals surface area contributed by atoms with Gasteiger partial charge in [0.1, 0.15) is 5.82 Å². The standard InChI is InChI=1S/C16H17N3O2/c20-11-14(21)10-19-8-7-17-16(19)9-13-6-5-12-3-1-2-4-15(12)18-13/h1-8,14,20-21H,9-11H2. The fourth-order valence-corrected chi connectivity index (χ4v) is 2.33. The van der Waals surface area contributed by atoms with Crippen LogP contribution in [0.2, 0.25) is 0 Å². The number of rotatable bonds is 5. The highest BCUT2D eigenvalue weighted by Gasteiger charge is 2.09. The van der Waals surface area contributed by atoms with Gasteiger partial charge in [-0.25, -0.2) is 4.98 Å². The van der Waals surface area contributed by atoms with Gasteiger partial charge in [-0.3, -0.25) is 4.98 Å². The third-order valence-electron chi connectivity index (χ3n) is 3.42. The van der Waals surface area contributed by atoms with E-state index < -0.39 is 6.10 Å². The maximum atomic E-state index is 9.55. The van der Waals surface area contributed by atoms with E-state index in [1.807, 2.05) is 41.0 Å². The molecule has 0 bridgehead atoms. The van der Waals surface area contributed by atoms with Gasteiger partial charge in [-0.2, -0.15) is 0 Å². The molecule has 5 nitrogen and oxygen atoms in total. The summed E-state index contributed by atoms with van der Waals surface area (Å²) in [6.45, 7) is 0.0747. The van der Waals surface area contributed by atoms with Gasteiger partial charge in [0, 0.05) is 29.9 Å². The lowest BCUT2D eigenvalue weighted by molar-refractivity contribution is 0.0806. The molecule has 3 aromatic rings. The zero-order valence-electron chi connectivity index (χ0n) is 11.6. The molecular formula is C16H17N3O2. The van der Waals surface area contributed by atoms with Crippen LogP contribution in [-0.2, 0) is 13.0 Å². The number of aliphatic hydroxyl groups excluding tert-OH is 2. The Kier molecular flexibility index (Phi) is 3.94. The minimum Gasteiger partial charge on any atom is -0.394 e. The van der Waals surface area contributed by atoms with E-state index in [0.29, 0.717) is 13.0 Å². The molecular weight excluding hydrogens is 266 g/mol. The highest BCUT2D eigenvalue weighted by atomic mass is 16.3. The molecule has 1 aromatic carbocycles. The summed E-state index contributed by atoms with van der Waals surface area (Å²) in [7, 11) is 0. The second kappa shape index (κ2) is 6.03. The van der Waals surface area contributed by atoms with Crippen LogP contribution in [-0.4, -0.2) is 37.5 Å². The predicted octanol–water partition coefficient (Wildman–Crippen LogP) is 1.38. The molecule has 21 heavy (non-hydrogen) atoms. The summed E-state index contributed by atoms with van der Waals surface area (Å²) in [5.41, 5.74) is 1.89. The van der Waals surface area contributed by atoms with Crippen LogP contribution in [0.3, 0.4) is 0 Å². The van der Waals surface area contributed by atoms with Gasteiger partial charge in [0.25, 0.3) is 0 Å². The summed E-state index contributed by atoms with van der Waals surface area (Å²) in [5, 5.41) is 19.6. The van der Waals surface area contributed by atoms with Crippen LogP contribution in [0.5, 0.6) is 0 Å². The molecule has 2 aromatic heterocycles. The summed E-state index contributed by atoms with van der Waals surface area (Å²) in [6, 6.07) is 12.0. The van der Waals surface area contributed by atoms with Gasteiger partial charge in [-0.1, -0.05) is 24.3 Å². The predicted molar refractivity (Wildman–Crippen MR) is 79.9 cm³/mol. The van der Waals surface area contributed by atoms with E-state index in [4.69, 9.17) is 5.11 Å². The van der Waals surface area contributed by atoms with Gasteiger partial charge in [0.05, 0.1) is 24.8 Å². The largest absolute Gasteiger partial charge is 0.394 e. The Morgan fingerprint density at radius 2 is 2.00 bits per heavy atom. The van der Waals surface area contributed by atoms with E-state index in [1.165, 1.54) is 0 Å². The van der Waals surface area contributed by atoms with Crippen molar-refractivity contribution in [3.63, 3.8) is 0 Å². The van der Waals surface area contributed by atoms with Crippen molar-refractivity contribution in [1.29, 1.82) is 0 Å². The van der Waals surface area contributed by atoms with Crippen molar-refractivity contribution in [3.8, 4) is 0 Å². The molecule has 0 aliphatic carbocycles. The zero-order valence-corrected chi connectivity index (χ0v) is 11.6. The minimum atomic E-state index is -0.775. The van der Waals surface area contributed by atoms with E-state index in [0.717, 1.165) is 22.4 Å². The van der Waals surface area contributed by atoms with Crippen LogP contribution in [0.4, 0.5) is 0 Å². The molecule has 3 rings (SSSR count). The molecule has 0 spiro atoms. The lowest BCUT2D eigenvalue weighted by Crippen LogP contribution is -2.21. The number of fused-ring (bicyclic) bond motifs is 1. The minimum absolute atomic E-state index is 0.258. The van der Waals surface area contributed by atoms with Crippen LogP contribution >= 0.6 is 0 Å². The Labute approximate surface area is 122 Å². The molecule has 0 aliphatic heterocycles. The molecule has 0 aliphatic rings. The van der Waals surface area contributed by atoms with Gasteiger partial charge in [-0.05, 0) is 12.1 Å². The number of hydrogen-bond acceptors (Lipinski definition) is 4. The second-order valence-electron chi connectivity index (χ2n) is 5.00. The molecule has 108 valence electrons. The molecule has 2 heterocycles. The summed E-state index contributed by atoms with van der Waals surface area (Å²) >= 11 is 0. The molecule has 0 saturated carbocycles. The van der Waals surface area contributed by atoms with E-state index in [-0.39, 0.29) is 6.61 Å². The Morgan fingerprint density at radius 1 is 1.14 bits per heavy atom. The molecule has 2 N–H and O–H groups in total. The van der Waals surface area contributed by atoms with Gasteiger partial charge in [-0.15, -0.1) is 0 Å². The Morgan fingerprint density at radius 3 is 2.86 bits per heavy atom. The lowest BCUT2D eigenvalue weighted by Gasteiger charge is -2.11. The van der Waals surface area contributed by atoms with Gasteiger partial charge in [0.15, 0.2) is 0 Å². The third kappa shape index (κ3) is 3.09. The molecule has 0 fully saturated rings. The van der Waals surface area contributed by atoms with Crippen molar-refractivity contribution < 1.29 is 10.2 Å². The van der Waals surface area contributed by atoms with Crippen molar-refractivity contribution in [3.05, 3.63) is 60.3 Å². The third-order valence-corrected chi connectivity index (χ3v) is 3.42. The summed E-state index contributed by atoms with van der Waals surface area (Å²) < 4.78 is 1.84. The average Bonchev–Trinajstić information content (AvgIpc) is 2.94. The highest BCUT2D eigenvalue weighted by Crippen LogP contribution is 2.14. The van der Waals surface area contributed by atoms with Crippen molar-refractivity contribution in [2.24, 2.45) is 0 Å². The smallest absolute Gasteiger partial charge is 0.114 e. The van der Waals surface area contributed by atoms with Gasteiger partial charge < -0.3 is 14.8 Å². The number of hydrogen-bond donors (Lipinski definition) is 2. The van der Waals surface area contributed by atoms with Crippen LogP contribution in [0.25, 0.3) is 10.9 Å². The molecule has 0 radical (unpaired) electrons. The van der Waals surface area contributed by atoms with Crippen LogP contribution in [0, 0.1) is 0 Å². The number of nitrogens with zero attached hydrogens (tertiary/aromatic N) is 3. The molecule has 5 heteroatoms. The van der Waals surface area contributed by atoms with Crippen LogP contribution in [0.1, 0.15) is 11.5 Å². The summed E-state index contributed by atoms with van der Waals surface area (Å²) in [5.74, 6) is 0.824. The maximum Gasteiger partial charge on any atom is 0.114 e. The van der Waals surface area contributed by atoms with Crippen molar-refractivity contribution in [1.82, 2.24) is 14.5 Å². The number of aromatic nitrogens is 3. The first kappa shape index (κ1) is 13.7. The number of aliphatic hydroxyl groups is 2. The monoisotopic (exact) mass is 283 g/mol. The summed E-state index contributed by atoms with van der Waals surface area (Å²) in [6.07, 6.45) is 3.31. The van der Waals surface area contributed by atoms with E-state index in [1.54, 1.807) is 12.4 Å². The molecule has 1 unspecified atom stereocenters. The Bertz CT molecular complexity index is 739. The van der Waals surface area contributed by atoms with Crippen molar-refractivity contribution >= 4 is 10.9 Å². The fourth-order valence-electron chi connectivity index (χ4n) is 2.33. The number of para-hydroxylation sites is 1. The number of pyridine rings is 1. The van der Waals surface area contributed by atoms with Crippen LogP contribution < -0.4 is 0 Å². The molecule has 0 saturated heterocycles. The van der Waals surface area contributed by atoms with Crippen molar-refractivity contribution in [2.75, 3.05) is 6.61 Å². The quantitative estimate of drug-likeness (QED) is 0.742. The number of benzene rings is 1. The lowest BCUT2D eigenvalue weighted by atomic mass is 10.2. The molecule has 1 atom stereocenters. The van der Waals surface area contributed by atoms with E-state index in [2.05, 4.69) is 9.97 Å². The number of imidazole rings is 1. The highest BCUT2D eigenvalue weighted by molar-refractivity contribution is 5.78. The zero-order chi connectivity index (χ0) is 14.7. The van der Waals surface area contributed by atoms with E-state index in [9.17, 15) is 5.11 Å².